The third-order valence-electron chi connectivity index (χ3n) is 2.77. The van der Waals surface area contributed by atoms with Crippen molar-refractivity contribution in [3.8, 4) is 12.0 Å². The fraction of sp³-hybridized carbons (Fsp3) is 0.571. The molecule has 0 atom stereocenters. The Morgan fingerprint density at radius 3 is 2.57 bits per heavy atom. The summed E-state index contributed by atoms with van der Waals surface area (Å²) in [4.78, 5) is 13.0. The van der Waals surface area contributed by atoms with Crippen molar-refractivity contribution in [1.82, 2.24) is 24.7 Å². The van der Waals surface area contributed by atoms with E-state index in [1.165, 1.54) is 0 Å². The molecule has 0 saturated carbocycles. The average Bonchev–Trinajstić information content (AvgIpc) is 2.81. The lowest BCUT2D eigenvalue weighted by Gasteiger charge is -2.09. The molecule has 0 amide bonds. The molecule has 2 aromatic rings. The Labute approximate surface area is 124 Å². The summed E-state index contributed by atoms with van der Waals surface area (Å²) in [5, 5.41) is 7.57. The van der Waals surface area contributed by atoms with Gasteiger partial charge < -0.3 is 10.1 Å². The Morgan fingerprint density at radius 2 is 1.95 bits per heavy atom. The largest absolute Gasteiger partial charge is 0.463 e. The van der Waals surface area contributed by atoms with Crippen molar-refractivity contribution < 1.29 is 4.74 Å². The second-order valence-corrected chi connectivity index (χ2v) is 4.86. The van der Waals surface area contributed by atoms with E-state index >= 15 is 0 Å². The first-order chi connectivity index (χ1) is 10.1. The fourth-order valence-corrected chi connectivity index (χ4v) is 1.85. The highest BCUT2D eigenvalue weighted by Crippen LogP contribution is 2.13. The number of aromatic nitrogens is 5. The molecule has 2 heterocycles. The zero-order valence-corrected chi connectivity index (χ0v) is 13.1. The van der Waals surface area contributed by atoms with Gasteiger partial charge in [-0.25, -0.2) is 4.68 Å². The SMILES string of the molecule is CCCNc1nc(OCCC)nc(-n2nc(C)cc2C)n1. The van der Waals surface area contributed by atoms with Crippen molar-refractivity contribution in [1.29, 1.82) is 0 Å². The highest BCUT2D eigenvalue weighted by molar-refractivity contribution is 5.31. The molecule has 0 aliphatic carbocycles. The monoisotopic (exact) mass is 290 g/mol. The number of hydrogen-bond acceptors (Lipinski definition) is 6. The van der Waals surface area contributed by atoms with Crippen molar-refractivity contribution >= 4 is 5.95 Å². The van der Waals surface area contributed by atoms with Gasteiger partial charge in [-0.15, -0.1) is 0 Å². The molecule has 0 saturated heterocycles. The summed E-state index contributed by atoms with van der Waals surface area (Å²) < 4.78 is 7.24. The second kappa shape index (κ2) is 7.01. The zero-order chi connectivity index (χ0) is 15.2. The van der Waals surface area contributed by atoms with Gasteiger partial charge in [-0.2, -0.15) is 20.1 Å². The topological polar surface area (TPSA) is 77.8 Å². The van der Waals surface area contributed by atoms with Crippen LogP contribution in [0.15, 0.2) is 6.07 Å². The van der Waals surface area contributed by atoms with E-state index in [2.05, 4.69) is 32.3 Å². The maximum atomic E-state index is 5.54. The van der Waals surface area contributed by atoms with Crippen LogP contribution in [-0.4, -0.2) is 37.9 Å². The summed E-state index contributed by atoms with van der Waals surface area (Å²) in [5.74, 6) is 0.987. The van der Waals surface area contributed by atoms with E-state index in [0.717, 1.165) is 30.8 Å². The third kappa shape index (κ3) is 3.90. The molecule has 0 aromatic carbocycles. The van der Waals surface area contributed by atoms with Crippen molar-refractivity contribution in [2.24, 2.45) is 0 Å². The van der Waals surface area contributed by atoms with Gasteiger partial charge >= 0.3 is 6.01 Å². The van der Waals surface area contributed by atoms with E-state index in [1.807, 2.05) is 26.8 Å². The van der Waals surface area contributed by atoms with Gasteiger partial charge in [-0.3, -0.25) is 0 Å². The second-order valence-electron chi connectivity index (χ2n) is 4.86. The first-order valence-corrected chi connectivity index (χ1v) is 7.30. The fourth-order valence-electron chi connectivity index (χ4n) is 1.85. The van der Waals surface area contributed by atoms with E-state index in [0.29, 0.717) is 24.5 Å². The predicted octanol–water partition coefficient (Wildman–Crippen LogP) is 2.28. The number of anilines is 1. The molecule has 0 unspecified atom stereocenters. The van der Waals surface area contributed by atoms with Gasteiger partial charge in [0.25, 0.3) is 5.95 Å². The molecule has 2 rings (SSSR count). The standard InChI is InChI=1S/C14H22N6O/c1-5-7-15-12-16-13(18-14(17-12)21-8-6-2)20-11(4)9-10(3)19-20/h9H,5-8H2,1-4H3,(H,15,16,17,18). The van der Waals surface area contributed by atoms with Gasteiger partial charge in [0.05, 0.1) is 12.3 Å². The van der Waals surface area contributed by atoms with Crippen molar-refractivity contribution in [2.75, 3.05) is 18.5 Å². The van der Waals surface area contributed by atoms with Crippen molar-refractivity contribution in [3.63, 3.8) is 0 Å². The van der Waals surface area contributed by atoms with Crippen LogP contribution in [0.2, 0.25) is 0 Å². The molecule has 7 nitrogen and oxygen atoms in total. The Morgan fingerprint density at radius 1 is 1.14 bits per heavy atom. The number of rotatable bonds is 7. The Bertz CT molecular complexity index is 569. The average molecular weight is 290 g/mol. The molecular weight excluding hydrogens is 268 g/mol. The molecule has 0 fully saturated rings. The lowest BCUT2D eigenvalue weighted by molar-refractivity contribution is 0.291. The predicted molar refractivity (Wildman–Crippen MR) is 81.0 cm³/mol. The number of nitrogens with one attached hydrogen (secondary N) is 1. The lowest BCUT2D eigenvalue weighted by Crippen LogP contribution is -2.13. The molecule has 7 heteroatoms. The number of ether oxygens (including phenoxy) is 1. The van der Waals surface area contributed by atoms with Crippen LogP contribution in [0.1, 0.15) is 38.1 Å². The van der Waals surface area contributed by atoms with Gasteiger partial charge in [-0.05, 0) is 32.8 Å². The van der Waals surface area contributed by atoms with Gasteiger partial charge in [0.15, 0.2) is 0 Å². The first-order valence-electron chi connectivity index (χ1n) is 7.30. The molecule has 21 heavy (non-hydrogen) atoms. The van der Waals surface area contributed by atoms with Crippen LogP contribution in [0.4, 0.5) is 5.95 Å². The Kier molecular flexibility index (Phi) is 5.08. The maximum Gasteiger partial charge on any atom is 0.323 e. The van der Waals surface area contributed by atoms with Crippen molar-refractivity contribution in [3.05, 3.63) is 17.5 Å². The van der Waals surface area contributed by atoms with Crippen LogP contribution >= 0.6 is 0 Å². The summed E-state index contributed by atoms with van der Waals surface area (Å²) in [6.45, 7) is 9.41. The van der Waals surface area contributed by atoms with E-state index in [4.69, 9.17) is 4.74 Å². The van der Waals surface area contributed by atoms with Gasteiger partial charge in [0.1, 0.15) is 0 Å². The van der Waals surface area contributed by atoms with E-state index < -0.39 is 0 Å². The molecule has 0 aliphatic heterocycles. The summed E-state index contributed by atoms with van der Waals surface area (Å²) >= 11 is 0. The Balaban J connectivity index is 2.36. The van der Waals surface area contributed by atoms with Gasteiger partial charge in [0.2, 0.25) is 5.95 Å². The van der Waals surface area contributed by atoms with Crippen LogP contribution < -0.4 is 10.1 Å². The molecular formula is C14H22N6O. The van der Waals surface area contributed by atoms with Crippen molar-refractivity contribution in [2.45, 2.75) is 40.5 Å². The Hall–Kier alpha value is -2.18. The normalized spacial score (nSPS) is 10.7. The molecule has 0 bridgehead atoms. The van der Waals surface area contributed by atoms with E-state index in [-0.39, 0.29) is 0 Å². The highest BCUT2D eigenvalue weighted by atomic mass is 16.5. The third-order valence-corrected chi connectivity index (χ3v) is 2.77. The minimum Gasteiger partial charge on any atom is -0.463 e. The van der Waals surface area contributed by atoms with Crippen LogP contribution in [-0.2, 0) is 0 Å². The highest BCUT2D eigenvalue weighted by Gasteiger charge is 2.12. The lowest BCUT2D eigenvalue weighted by atomic mass is 10.4. The van der Waals surface area contributed by atoms with E-state index in [9.17, 15) is 0 Å². The quantitative estimate of drug-likeness (QED) is 0.843. The number of nitrogens with zero attached hydrogens (tertiary/aromatic N) is 5. The minimum absolute atomic E-state index is 0.327. The number of hydrogen-bond donors (Lipinski definition) is 1. The molecule has 0 aliphatic rings. The summed E-state index contributed by atoms with van der Waals surface area (Å²) in [6.07, 6.45) is 1.89. The zero-order valence-electron chi connectivity index (χ0n) is 13.1. The smallest absolute Gasteiger partial charge is 0.323 e. The summed E-state index contributed by atoms with van der Waals surface area (Å²) in [5.41, 5.74) is 1.90. The summed E-state index contributed by atoms with van der Waals surface area (Å²) in [6, 6.07) is 2.31. The molecule has 0 radical (unpaired) electrons. The summed E-state index contributed by atoms with van der Waals surface area (Å²) in [7, 11) is 0. The first kappa shape index (κ1) is 15.2. The molecule has 0 spiro atoms. The van der Waals surface area contributed by atoms with E-state index in [1.54, 1.807) is 4.68 Å². The van der Waals surface area contributed by atoms with Gasteiger partial charge in [0, 0.05) is 12.2 Å². The molecule has 2 aromatic heterocycles. The molecule has 1 N–H and O–H groups in total. The number of aryl methyl sites for hydroxylation is 2. The van der Waals surface area contributed by atoms with Crippen LogP contribution in [0.25, 0.3) is 5.95 Å². The van der Waals surface area contributed by atoms with Crippen LogP contribution in [0.5, 0.6) is 6.01 Å². The minimum atomic E-state index is 0.327. The molecule has 114 valence electrons. The van der Waals surface area contributed by atoms with Crippen LogP contribution in [0.3, 0.4) is 0 Å². The maximum absolute atomic E-state index is 5.54. The van der Waals surface area contributed by atoms with Crippen LogP contribution in [0, 0.1) is 13.8 Å². The van der Waals surface area contributed by atoms with Gasteiger partial charge in [-0.1, -0.05) is 13.8 Å².